The van der Waals surface area contributed by atoms with Gasteiger partial charge in [-0.3, -0.25) is 4.98 Å². The van der Waals surface area contributed by atoms with E-state index in [9.17, 15) is 0 Å². The first-order chi connectivity index (χ1) is 19.8. The maximum Gasteiger partial charge on any atom is 0.241 e. The smallest absolute Gasteiger partial charge is 0.241 e. The fraction of sp³-hybridized carbons (Fsp3) is 0.763. The third-order valence-electron chi connectivity index (χ3n) is 9.12. The number of hydrogen-bond acceptors (Lipinski definition) is 0. The van der Waals surface area contributed by atoms with Crippen LogP contribution in [-0.4, -0.2) is 4.98 Å². The van der Waals surface area contributed by atoms with Crippen LogP contribution in [0.25, 0.3) is 0 Å². The lowest BCUT2D eigenvalue weighted by Gasteiger charge is -2.25. The van der Waals surface area contributed by atoms with Crippen LogP contribution < -0.4 is 4.57 Å². The fourth-order valence-electron chi connectivity index (χ4n) is 6.57. The Morgan fingerprint density at radius 2 is 1.00 bits per heavy atom. The molecule has 1 heterocycles. The van der Waals surface area contributed by atoms with Crippen molar-refractivity contribution in [3.05, 3.63) is 54.6 Å². The number of unbranched alkanes of at least 4 members (excludes halogenated alkanes) is 20. The summed E-state index contributed by atoms with van der Waals surface area (Å²) in [6.45, 7) is 4.62. The highest BCUT2D eigenvalue weighted by Crippen LogP contribution is 2.29. The largest absolute Gasteiger partial charge is 0.250 e. The quantitative estimate of drug-likeness (QED) is 0.0801. The van der Waals surface area contributed by atoms with Gasteiger partial charge in [0.25, 0.3) is 0 Å². The molecule has 0 fully saturated rings. The molecule has 0 aliphatic rings. The van der Waals surface area contributed by atoms with E-state index < -0.39 is 0 Å². The van der Waals surface area contributed by atoms with E-state index in [0.29, 0.717) is 12.0 Å². The summed E-state index contributed by atoms with van der Waals surface area (Å²) < 4.78 is 2.50. The number of hydrogen-bond donors (Lipinski definition) is 1. The van der Waals surface area contributed by atoms with Crippen molar-refractivity contribution >= 4 is 0 Å². The zero-order valence-corrected chi connectivity index (χ0v) is 26.9. The predicted molar refractivity (Wildman–Crippen MR) is 176 cm³/mol. The van der Waals surface area contributed by atoms with Crippen LogP contribution >= 0.6 is 0 Å². The number of imidazole rings is 1. The van der Waals surface area contributed by atoms with Crippen molar-refractivity contribution in [2.45, 2.75) is 180 Å². The van der Waals surface area contributed by atoms with Crippen molar-refractivity contribution in [3.63, 3.8) is 0 Å². The van der Waals surface area contributed by atoms with Gasteiger partial charge in [-0.15, -0.1) is 0 Å². The molecular weight excluding hydrogens is 484 g/mol. The normalized spacial score (nSPS) is 13.1. The molecule has 2 atom stereocenters. The summed E-state index contributed by atoms with van der Waals surface area (Å²) in [6, 6.07) is 11.9. The van der Waals surface area contributed by atoms with Crippen LogP contribution in [0.5, 0.6) is 0 Å². The average Bonchev–Trinajstić information content (AvgIpc) is 3.51. The van der Waals surface area contributed by atoms with E-state index in [0.717, 1.165) is 0 Å². The molecule has 0 spiro atoms. The lowest BCUT2D eigenvalue weighted by Crippen LogP contribution is -2.42. The average molecular weight is 552 g/mol. The van der Waals surface area contributed by atoms with Gasteiger partial charge in [0.15, 0.2) is 0 Å². The van der Waals surface area contributed by atoms with Crippen molar-refractivity contribution in [1.82, 2.24) is 4.98 Å². The maximum absolute atomic E-state index is 3.34. The minimum absolute atomic E-state index is 0.605. The van der Waals surface area contributed by atoms with Gasteiger partial charge >= 0.3 is 0 Å². The molecule has 0 aliphatic heterocycles. The van der Waals surface area contributed by atoms with Gasteiger partial charge in [0.05, 0.1) is 0 Å². The molecule has 0 bridgehead atoms. The summed E-state index contributed by atoms with van der Waals surface area (Å²) in [5.41, 5.74) is 1.51. The molecule has 228 valence electrons. The van der Waals surface area contributed by atoms with Crippen LogP contribution in [0.15, 0.2) is 49.1 Å². The lowest BCUT2D eigenvalue weighted by atomic mass is 9.84. The zero-order valence-electron chi connectivity index (χ0n) is 26.9. The summed E-state index contributed by atoms with van der Waals surface area (Å²) >= 11 is 0. The summed E-state index contributed by atoms with van der Waals surface area (Å²) in [4.78, 5) is 3.34. The Morgan fingerprint density at radius 3 is 1.45 bits per heavy atom. The number of nitrogens with one attached hydrogen (secondary N) is 1. The van der Waals surface area contributed by atoms with Crippen molar-refractivity contribution < 1.29 is 4.57 Å². The maximum atomic E-state index is 3.34. The van der Waals surface area contributed by atoms with E-state index in [1.54, 1.807) is 0 Å². The number of aromatic amines is 1. The van der Waals surface area contributed by atoms with Gasteiger partial charge < -0.3 is 0 Å². The molecule has 2 nitrogen and oxygen atoms in total. The molecule has 0 saturated carbocycles. The van der Waals surface area contributed by atoms with Gasteiger partial charge in [0.1, 0.15) is 18.4 Å². The van der Waals surface area contributed by atoms with Crippen LogP contribution in [-0.2, 0) is 6.42 Å². The van der Waals surface area contributed by atoms with Crippen molar-refractivity contribution in [2.24, 2.45) is 5.92 Å². The second-order valence-electron chi connectivity index (χ2n) is 12.7. The third-order valence-corrected chi connectivity index (χ3v) is 9.12. The van der Waals surface area contributed by atoms with E-state index in [1.165, 1.54) is 166 Å². The molecular formula is C38H67N2+. The summed E-state index contributed by atoms with van der Waals surface area (Å²) in [7, 11) is 0. The van der Waals surface area contributed by atoms with E-state index >= 15 is 0 Å². The minimum Gasteiger partial charge on any atom is -0.250 e. The van der Waals surface area contributed by atoms with E-state index in [-0.39, 0.29) is 0 Å². The highest BCUT2D eigenvalue weighted by atomic mass is 15.1. The number of benzene rings is 1. The number of H-pyrrole nitrogens is 1. The Morgan fingerprint density at radius 1 is 0.550 bits per heavy atom. The fourth-order valence-corrected chi connectivity index (χ4v) is 6.57. The molecule has 2 rings (SSSR count). The van der Waals surface area contributed by atoms with Crippen LogP contribution in [0.4, 0.5) is 0 Å². The van der Waals surface area contributed by atoms with Crippen LogP contribution in [0, 0.1) is 5.92 Å². The van der Waals surface area contributed by atoms with Gasteiger partial charge in [-0.05, 0) is 31.2 Å². The second-order valence-corrected chi connectivity index (χ2v) is 12.7. The SMILES string of the molecule is CCCCCCCCCCCCCCCCCC(C(CCCCCCCCC)Cc1ccccc1)[n+]1cc[nH]c1. The highest BCUT2D eigenvalue weighted by Gasteiger charge is 2.26. The Hall–Kier alpha value is -1.57. The molecule has 0 saturated heterocycles. The lowest BCUT2D eigenvalue weighted by molar-refractivity contribution is -0.730. The first-order valence-electron chi connectivity index (χ1n) is 17.9. The van der Waals surface area contributed by atoms with Crippen LogP contribution in [0.2, 0.25) is 0 Å². The van der Waals surface area contributed by atoms with E-state index in [1.807, 2.05) is 0 Å². The van der Waals surface area contributed by atoms with Gasteiger partial charge in [-0.25, -0.2) is 4.57 Å². The summed E-state index contributed by atoms with van der Waals surface area (Å²) in [5.74, 6) is 0.713. The Kier molecular flexibility index (Phi) is 21.8. The second kappa shape index (κ2) is 25.2. The van der Waals surface area contributed by atoms with Gasteiger partial charge in [0, 0.05) is 5.92 Å². The molecule has 1 aromatic carbocycles. The molecule has 2 heteroatoms. The summed E-state index contributed by atoms with van der Waals surface area (Å²) in [5, 5.41) is 0. The molecule has 40 heavy (non-hydrogen) atoms. The van der Waals surface area contributed by atoms with E-state index in [2.05, 4.69) is 72.5 Å². The number of nitrogens with zero attached hydrogens (tertiary/aromatic N) is 1. The molecule has 2 aromatic rings. The molecule has 0 aliphatic carbocycles. The first-order valence-corrected chi connectivity index (χ1v) is 17.9. The number of aromatic nitrogens is 2. The third kappa shape index (κ3) is 17.3. The monoisotopic (exact) mass is 552 g/mol. The molecule has 1 aromatic heterocycles. The van der Waals surface area contributed by atoms with Gasteiger partial charge in [-0.2, -0.15) is 0 Å². The van der Waals surface area contributed by atoms with Crippen molar-refractivity contribution in [1.29, 1.82) is 0 Å². The minimum atomic E-state index is 0.605. The Labute approximate surface area is 250 Å². The van der Waals surface area contributed by atoms with Crippen molar-refractivity contribution in [3.8, 4) is 0 Å². The van der Waals surface area contributed by atoms with Crippen molar-refractivity contribution in [2.75, 3.05) is 0 Å². The molecule has 1 N–H and O–H groups in total. The van der Waals surface area contributed by atoms with Gasteiger partial charge in [-0.1, -0.05) is 179 Å². The predicted octanol–water partition coefficient (Wildman–Crippen LogP) is 12.1. The Balaban J connectivity index is 1.69. The van der Waals surface area contributed by atoms with Gasteiger partial charge in [0.2, 0.25) is 6.33 Å². The highest BCUT2D eigenvalue weighted by molar-refractivity contribution is 5.15. The standard InChI is InChI=1S/C38H66N2/c1-3-5-7-9-11-12-13-14-15-16-17-18-20-22-27-31-38(40-33-32-39-35-40)37(34-36-28-24-23-25-29-36)30-26-21-19-10-8-6-4-2/h23-25,28-29,32-33,35,37-38H,3-22,26-27,30-31,34H2,1-2H3/p+1. The Bertz CT molecular complexity index is 753. The van der Waals surface area contributed by atoms with E-state index in [4.69, 9.17) is 0 Å². The topological polar surface area (TPSA) is 19.7 Å². The summed E-state index contributed by atoms with van der Waals surface area (Å²) in [6.07, 6.45) is 41.8. The number of rotatable bonds is 28. The van der Waals surface area contributed by atoms with Crippen LogP contribution in [0.1, 0.15) is 180 Å². The van der Waals surface area contributed by atoms with Crippen LogP contribution in [0.3, 0.4) is 0 Å². The molecule has 0 amide bonds. The first kappa shape index (κ1) is 34.6. The zero-order chi connectivity index (χ0) is 28.4. The molecule has 0 radical (unpaired) electrons. The molecule has 2 unspecified atom stereocenters.